The van der Waals surface area contributed by atoms with Crippen molar-refractivity contribution in [3.05, 3.63) is 48.6 Å². The van der Waals surface area contributed by atoms with E-state index in [1.807, 2.05) is 6.08 Å². The van der Waals surface area contributed by atoms with Crippen molar-refractivity contribution in [2.24, 2.45) is 0 Å². The molecule has 1 rings (SSSR count). The van der Waals surface area contributed by atoms with Crippen LogP contribution in [0.5, 0.6) is 0 Å². The summed E-state index contributed by atoms with van der Waals surface area (Å²) in [5.41, 5.74) is 1.49. The van der Waals surface area contributed by atoms with E-state index in [4.69, 9.17) is 0 Å². The third-order valence-corrected chi connectivity index (χ3v) is 3.41. The van der Waals surface area contributed by atoms with Crippen LogP contribution in [0.3, 0.4) is 0 Å². The van der Waals surface area contributed by atoms with E-state index in [9.17, 15) is 0 Å². The molecule has 0 amide bonds. The van der Waals surface area contributed by atoms with Gasteiger partial charge < -0.3 is 0 Å². The van der Waals surface area contributed by atoms with Crippen LogP contribution >= 0.6 is 0 Å². The first-order valence-corrected chi connectivity index (χ1v) is 7.00. The average molecular weight is 230 g/mol. The molecule has 0 spiro atoms. The molecule has 0 saturated carbocycles. The first kappa shape index (κ1) is 14.0. The van der Waals surface area contributed by atoms with Gasteiger partial charge in [-0.3, -0.25) is 0 Å². The van der Waals surface area contributed by atoms with Gasteiger partial charge in [0, 0.05) is 0 Å². The maximum absolute atomic E-state index is 3.75. The van der Waals surface area contributed by atoms with Gasteiger partial charge in [-0.25, -0.2) is 0 Å². The summed E-state index contributed by atoms with van der Waals surface area (Å²) in [7, 11) is 0. The zero-order valence-corrected chi connectivity index (χ0v) is 11.2. The molecule has 0 aliphatic heterocycles. The third-order valence-electron chi connectivity index (χ3n) is 3.41. The van der Waals surface area contributed by atoms with Gasteiger partial charge in [0.2, 0.25) is 0 Å². The van der Waals surface area contributed by atoms with Crippen molar-refractivity contribution in [3.8, 4) is 0 Å². The zero-order valence-electron chi connectivity index (χ0n) is 11.2. The Labute approximate surface area is 107 Å². The van der Waals surface area contributed by atoms with Crippen LogP contribution in [0.15, 0.2) is 43.0 Å². The molecule has 0 fully saturated rings. The van der Waals surface area contributed by atoms with Crippen LogP contribution in [0, 0.1) is 0 Å². The van der Waals surface area contributed by atoms with Gasteiger partial charge in [0.25, 0.3) is 0 Å². The molecular weight excluding hydrogens is 204 g/mol. The fraction of sp³-hybridized carbons (Fsp3) is 0.529. The summed E-state index contributed by atoms with van der Waals surface area (Å²) in [6.07, 6.45) is 11.3. The number of unbranched alkanes of at least 4 members (excludes halogenated alkanes) is 5. The first-order chi connectivity index (χ1) is 8.34. The van der Waals surface area contributed by atoms with Crippen molar-refractivity contribution in [1.29, 1.82) is 0 Å². The predicted octanol–water partition coefficient (Wildman–Crippen LogP) is 5.71. The molecule has 1 unspecified atom stereocenters. The second-order valence-electron chi connectivity index (χ2n) is 4.95. The van der Waals surface area contributed by atoms with Gasteiger partial charge in [-0.2, -0.15) is 0 Å². The highest BCUT2D eigenvalue weighted by molar-refractivity contribution is 5.18. The van der Waals surface area contributed by atoms with Crippen molar-refractivity contribution < 1.29 is 0 Å². The van der Waals surface area contributed by atoms with E-state index in [0.717, 1.165) is 0 Å². The lowest BCUT2D eigenvalue weighted by Crippen LogP contribution is -1.93. The Morgan fingerprint density at radius 2 is 1.65 bits per heavy atom. The van der Waals surface area contributed by atoms with Crippen LogP contribution in [0.4, 0.5) is 0 Å². The molecule has 0 heteroatoms. The highest BCUT2D eigenvalue weighted by atomic mass is 14.1. The van der Waals surface area contributed by atoms with Crippen LogP contribution in [0.1, 0.15) is 63.4 Å². The van der Waals surface area contributed by atoms with Gasteiger partial charge >= 0.3 is 0 Å². The molecule has 1 atom stereocenters. The van der Waals surface area contributed by atoms with Crippen LogP contribution < -0.4 is 0 Å². The van der Waals surface area contributed by atoms with Crippen molar-refractivity contribution in [2.45, 2.75) is 57.8 Å². The number of hydrogen-bond acceptors (Lipinski definition) is 0. The zero-order chi connectivity index (χ0) is 12.3. The second kappa shape index (κ2) is 9.04. The maximum atomic E-state index is 3.75. The molecule has 1 aromatic carbocycles. The number of hydrogen-bond donors (Lipinski definition) is 0. The van der Waals surface area contributed by atoms with Crippen molar-refractivity contribution >= 4 is 0 Å². The van der Waals surface area contributed by atoms with Crippen molar-refractivity contribution in [3.63, 3.8) is 0 Å². The number of allylic oxidation sites excluding steroid dienone is 1. The Morgan fingerprint density at radius 3 is 2.35 bits per heavy atom. The summed E-state index contributed by atoms with van der Waals surface area (Å²) in [5, 5.41) is 0. The van der Waals surface area contributed by atoms with E-state index in [1.54, 1.807) is 0 Å². The van der Waals surface area contributed by atoms with Crippen LogP contribution in [-0.4, -0.2) is 0 Å². The molecule has 0 aliphatic rings. The maximum Gasteiger partial charge on any atom is -0.0190 e. The van der Waals surface area contributed by atoms with Gasteiger partial charge in [0.1, 0.15) is 0 Å². The molecule has 17 heavy (non-hydrogen) atoms. The van der Waals surface area contributed by atoms with Gasteiger partial charge in [-0.1, -0.05) is 69.0 Å². The Hall–Kier alpha value is -1.04. The summed E-state index contributed by atoms with van der Waals surface area (Å²) < 4.78 is 0. The molecule has 0 nitrogen and oxygen atoms in total. The Kier molecular flexibility index (Phi) is 7.46. The first-order valence-electron chi connectivity index (χ1n) is 7.00. The highest BCUT2D eigenvalue weighted by Crippen LogP contribution is 2.21. The van der Waals surface area contributed by atoms with Crippen molar-refractivity contribution in [1.82, 2.24) is 0 Å². The highest BCUT2D eigenvalue weighted by Gasteiger charge is 2.03. The Balaban J connectivity index is 2.05. The van der Waals surface area contributed by atoms with Crippen LogP contribution in [0.25, 0.3) is 0 Å². The minimum absolute atomic E-state index is 0.712. The lowest BCUT2D eigenvalue weighted by molar-refractivity contribution is 0.561. The van der Waals surface area contributed by atoms with E-state index in [0.29, 0.717) is 5.92 Å². The summed E-state index contributed by atoms with van der Waals surface area (Å²) in [5.74, 6) is 0.712. The minimum atomic E-state index is 0.712. The summed E-state index contributed by atoms with van der Waals surface area (Å²) in [6.45, 7) is 6.09. The fourth-order valence-corrected chi connectivity index (χ4v) is 2.22. The average Bonchev–Trinajstić information content (AvgIpc) is 2.38. The number of rotatable bonds is 9. The Bertz CT molecular complexity index is 286. The van der Waals surface area contributed by atoms with Crippen LogP contribution in [-0.2, 0) is 0 Å². The molecule has 0 aliphatic carbocycles. The molecule has 0 aromatic heterocycles. The van der Waals surface area contributed by atoms with E-state index in [-0.39, 0.29) is 0 Å². The van der Waals surface area contributed by atoms with Crippen molar-refractivity contribution in [2.75, 3.05) is 0 Å². The lowest BCUT2D eigenvalue weighted by Gasteiger charge is -2.11. The van der Waals surface area contributed by atoms with Gasteiger partial charge in [-0.05, 0) is 30.7 Å². The molecule has 0 radical (unpaired) electrons. The monoisotopic (exact) mass is 230 g/mol. The SMILES string of the molecule is C=CCCCCCCCC(C)c1ccccc1. The van der Waals surface area contributed by atoms with E-state index >= 15 is 0 Å². The fourth-order valence-electron chi connectivity index (χ4n) is 2.22. The second-order valence-corrected chi connectivity index (χ2v) is 4.95. The predicted molar refractivity (Wildman–Crippen MR) is 77.4 cm³/mol. The van der Waals surface area contributed by atoms with Crippen LogP contribution in [0.2, 0.25) is 0 Å². The smallest absolute Gasteiger partial charge is 0.0190 e. The quantitative estimate of drug-likeness (QED) is 0.376. The summed E-state index contributed by atoms with van der Waals surface area (Å²) in [6, 6.07) is 10.9. The number of benzene rings is 1. The topological polar surface area (TPSA) is 0 Å². The summed E-state index contributed by atoms with van der Waals surface area (Å²) in [4.78, 5) is 0. The van der Waals surface area contributed by atoms with Gasteiger partial charge in [-0.15, -0.1) is 6.58 Å². The minimum Gasteiger partial charge on any atom is -0.103 e. The molecular formula is C17H26. The third kappa shape index (κ3) is 6.31. The molecule has 0 saturated heterocycles. The largest absolute Gasteiger partial charge is 0.103 e. The Morgan fingerprint density at radius 1 is 1.00 bits per heavy atom. The standard InChI is InChI=1S/C17H26/c1-3-4-5-6-7-8-10-13-16(2)17-14-11-9-12-15-17/h3,9,11-12,14-16H,1,4-8,10,13H2,2H3. The lowest BCUT2D eigenvalue weighted by atomic mass is 9.95. The van der Waals surface area contributed by atoms with Gasteiger partial charge in [0.05, 0.1) is 0 Å². The molecule has 0 bridgehead atoms. The van der Waals surface area contributed by atoms with E-state index in [1.165, 1.54) is 50.5 Å². The normalized spacial score (nSPS) is 12.3. The molecule has 94 valence electrons. The van der Waals surface area contributed by atoms with Gasteiger partial charge in [0.15, 0.2) is 0 Å². The van der Waals surface area contributed by atoms with E-state index < -0.39 is 0 Å². The molecule has 1 aromatic rings. The summed E-state index contributed by atoms with van der Waals surface area (Å²) >= 11 is 0. The molecule has 0 heterocycles. The molecule has 0 N–H and O–H groups in total. The van der Waals surface area contributed by atoms with E-state index in [2.05, 4.69) is 43.8 Å².